The summed E-state index contributed by atoms with van der Waals surface area (Å²) < 4.78 is 21.0. The normalized spacial score (nSPS) is 26.4. The van der Waals surface area contributed by atoms with Crippen LogP contribution in [0, 0.1) is 5.92 Å². The number of carbonyl (C=O) groups excluding carboxylic acids is 4. The number of aliphatic carboxylic acids is 1. The molecule has 348 valence electrons. The van der Waals surface area contributed by atoms with Crippen molar-refractivity contribution in [1.29, 1.82) is 0 Å². The molecule has 1 aromatic carbocycles. The largest absolute Gasteiger partial charge is 0.481 e. The highest BCUT2D eigenvalue weighted by atomic mass is 32.2. The first kappa shape index (κ1) is 52.3. The molecule has 1 heterocycles. The number of nitrogens with one attached hydrogen (secondary N) is 3. The van der Waals surface area contributed by atoms with E-state index in [0.717, 1.165) is 64.2 Å². The van der Waals surface area contributed by atoms with Gasteiger partial charge in [0, 0.05) is 28.9 Å². The molecule has 0 unspecified atom stereocenters. The lowest BCUT2D eigenvalue weighted by molar-refractivity contribution is -0.141. The molecular formula is C47H73N3O11S. The Balaban J connectivity index is 0.000000234. The van der Waals surface area contributed by atoms with Crippen LogP contribution in [0.15, 0.2) is 54.6 Å². The second-order valence-corrected chi connectivity index (χ2v) is 20.6. The molecule has 0 aromatic heterocycles. The maximum Gasteiger partial charge on any atom is 0.407 e. The van der Waals surface area contributed by atoms with Crippen LogP contribution in [0.25, 0.3) is 0 Å². The van der Waals surface area contributed by atoms with Crippen LogP contribution in [0.5, 0.6) is 0 Å². The van der Waals surface area contributed by atoms with Crippen LogP contribution in [0.1, 0.15) is 150 Å². The van der Waals surface area contributed by atoms with Crippen molar-refractivity contribution in [2.24, 2.45) is 5.92 Å². The van der Waals surface area contributed by atoms with Gasteiger partial charge in [0.05, 0.1) is 24.2 Å². The second-order valence-electron chi connectivity index (χ2n) is 19.3. The van der Waals surface area contributed by atoms with Crippen molar-refractivity contribution in [3.05, 3.63) is 60.2 Å². The molecular weight excluding hydrogens is 815 g/mol. The summed E-state index contributed by atoms with van der Waals surface area (Å²) in [6, 6.07) is 9.41. The predicted octanol–water partition coefficient (Wildman–Crippen LogP) is 9.24. The lowest BCUT2D eigenvalue weighted by atomic mass is 9.92. The van der Waals surface area contributed by atoms with Crippen LogP contribution in [0.3, 0.4) is 0 Å². The Morgan fingerprint density at radius 3 is 1.55 bits per heavy atom. The SMILES string of the molecule is CC(C)(C)OC(=O)N[C@@H]1CC[C@@H](SC(=O)c2ccccc2)[C@H](O)C1.CC(C)(C)OC(=O)N[C@@H]1CC[C@@H]2O[C@@H]2C1.CC(C)(C)OC(=O)N[C@H]1CC=CCC1.O=C(O)[C@H]1CC=CCC1. The van der Waals surface area contributed by atoms with Crippen LogP contribution in [0.4, 0.5) is 14.4 Å². The number of ether oxygens (including phenoxy) is 4. The number of epoxide rings is 1. The minimum absolute atomic E-state index is 0.0294. The van der Waals surface area contributed by atoms with E-state index < -0.39 is 35.0 Å². The van der Waals surface area contributed by atoms with Gasteiger partial charge < -0.3 is 45.1 Å². The molecule has 1 saturated heterocycles. The van der Waals surface area contributed by atoms with E-state index in [1.54, 1.807) is 12.1 Å². The lowest BCUT2D eigenvalue weighted by Crippen LogP contribution is -2.45. The van der Waals surface area contributed by atoms with Gasteiger partial charge in [-0.3, -0.25) is 9.59 Å². The van der Waals surface area contributed by atoms with Gasteiger partial charge in [-0.1, -0.05) is 66.4 Å². The fourth-order valence-corrected chi connectivity index (χ4v) is 8.14. The molecule has 0 bridgehead atoms. The van der Waals surface area contributed by atoms with Gasteiger partial charge >= 0.3 is 24.2 Å². The Morgan fingerprint density at radius 2 is 1.11 bits per heavy atom. The number of carboxylic acid groups (broad SMARTS) is 1. The number of thioether (sulfide) groups is 1. The highest BCUT2D eigenvalue weighted by molar-refractivity contribution is 8.14. The average Bonchev–Trinajstić information content (AvgIpc) is 3.95. The third-order valence-corrected chi connectivity index (χ3v) is 11.4. The van der Waals surface area contributed by atoms with Gasteiger partial charge in [-0.05, 0) is 139 Å². The summed E-state index contributed by atoms with van der Waals surface area (Å²) in [5.74, 6) is -0.769. The molecule has 15 heteroatoms. The number of hydrogen-bond donors (Lipinski definition) is 5. The van der Waals surface area contributed by atoms with E-state index in [4.69, 9.17) is 24.1 Å². The van der Waals surface area contributed by atoms with Crippen molar-refractivity contribution >= 4 is 41.1 Å². The van der Waals surface area contributed by atoms with Crippen molar-refractivity contribution in [2.45, 2.75) is 198 Å². The van der Waals surface area contributed by atoms with Gasteiger partial charge in [0.1, 0.15) is 16.8 Å². The molecule has 14 nitrogen and oxygen atoms in total. The summed E-state index contributed by atoms with van der Waals surface area (Å²) in [5, 5.41) is 27.2. The van der Waals surface area contributed by atoms with Gasteiger partial charge in [0.25, 0.3) is 0 Å². The Morgan fingerprint density at radius 1 is 0.613 bits per heavy atom. The molecule has 1 aliphatic heterocycles. The summed E-state index contributed by atoms with van der Waals surface area (Å²) in [5.41, 5.74) is -0.729. The first-order valence-electron chi connectivity index (χ1n) is 22.1. The van der Waals surface area contributed by atoms with Crippen LogP contribution in [0.2, 0.25) is 0 Å². The summed E-state index contributed by atoms with van der Waals surface area (Å²) in [6.07, 6.45) is 17.6. The lowest BCUT2D eigenvalue weighted by Gasteiger charge is -2.33. The van der Waals surface area contributed by atoms with Gasteiger partial charge in [0.2, 0.25) is 5.12 Å². The smallest absolute Gasteiger partial charge is 0.407 e. The Kier molecular flexibility index (Phi) is 20.8. The van der Waals surface area contributed by atoms with Gasteiger partial charge in [-0.2, -0.15) is 0 Å². The number of allylic oxidation sites excluding steroid dienone is 3. The highest BCUT2D eigenvalue weighted by Gasteiger charge is 2.44. The number of aliphatic hydroxyl groups excluding tert-OH is 1. The van der Waals surface area contributed by atoms with E-state index in [9.17, 15) is 29.1 Å². The van der Waals surface area contributed by atoms with Crippen molar-refractivity contribution in [3.8, 4) is 0 Å². The number of alkyl carbamates (subject to hydrolysis) is 3. The molecule has 5 N–H and O–H groups in total. The molecule has 3 fully saturated rings. The molecule has 62 heavy (non-hydrogen) atoms. The number of rotatable bonds is 6. The molecule has 0 radical (unpaired) electrons. The van der Waals surface area contributed by atoms with Crippen molar-refractivity contribution in [3.63, 3.8) is 0 Å². The zero-order chi connectivity index (χ0) is 46.1. The Labute approximate surface area is 373 Å². The third-order valence-electron chi connectivity index (χ3n) is 10.1. The minimum atomic E-state index is -0.653. The van der Waals surface area contributed by atoms with Crippen LogP contribution < -0.4 is 16.0 Å². The van der Waals surface area contributed by atoms with Gasteiger partial charge in [-0.15, -0.1) is 0 Å². The van der Waals surface area contributed by atoms with Gasteiger partial charge in [0.15, 0.2) is 0 Å². The van der Waals surface area contributed by atoms with E-state index >= 15 is 0 Å². The number of carboxylic acids is 1. The van der Waals surface area contributed by atoms with Crippen LogP contribution >= 0.6 is 11.8 Å². The molecule has 3 amide bonds. The van der Waals surface area contributed by atoms with Gasteiger partial charge in [-0.25, -0.2) is 14.4 Å². The summed E-state index contributed by atoms with van der Waals surface area (Å²) >= 11 is 1.18. The van der Waals surface area contributed by atoms with Crippen molar-refractivity contribution < 1.29 is 53.1 Å². The molecule has 0 spiro atoms. The zero-order valence-corrected chi connectivity index (χ0v) is 39.1. The average molecular weight is 888 g/mol. The number of fused-ring (bicyclic) bond motifs is 1. The Hall–Kier alpha value is -4.08. The fourth-order valence-electron chi connectivity index (χ4n) is 7.07. The first-order valence-corrected chi connectivity index (χ1v) is 22.9. The van der Waals surface area contributed by atoms with Crippen molar-refractivity contribution in [1.82, 2.24) is 16.0 Å². The summed E-state index contributed by atoms with van der Waals surface area (Å²) in [6.45, 7) is 16.6. The number of aliphatic hydroxyl groups is 1. The van der Waals surface area contributed by atoms with E-state index in [1.807, 2.05) is 92.7 Å². The quantitative estimate of drug-likeness (QED) is 0.103. The number of amides is 3. The molecule has 4 aliphatic carbocycles. The Bertz CT molecular complexity index is 1650. The zero-order valence-electron chi connectivity index (χ0n) is 38.3. The molecule has 2 saturated carbocycles. The number of hydrogen-bond acceptors (Lipinski definition) is 11. The van der Waals surface area contributed by atoms with Crippen LogP contribution in [-0.2, 0) is 23.7 Å². The minimum Gasteiger partial charge on any atom is -0.481 e. The second kappa shape index (κ2) is 24.7. The molecule has 5 aliphatic rings. The predicted molar refractivity (Wildman–Crippen MR) is 241 cm³/mol. The van der Waals surface area contributed by atoms with E-state index in [0.29, 0.717) is 30.6 Å². The highest BCUT2D eigenvalue weighted by Crippen LogP contribution is 2.36. The van der Waals surface area contributed by atoms with E-state index in [1.165, 1.54) is 11.8 Å². The summed E-state index contributed by atoms with van der Waals surface area (Å²) in [7, 11) is 0. The third kappa shape index (κ3) is 22.3. The first-order chi connectivity index (χ1) is 29.0. The van der Waals surface area contributed by atoms with E-state index in [-0.39, 0.29) is 46.6 Å². The number of benzene rings is 1. The van der Waals surface area contributed by atoms with E-state index in [2.05, 4.69) is 28.1 Å². The fraction of sp³-hybridized carbons (Fsp3) is 0.681. The standard InChI is InChI=1S/C18H25NO4S.C11H19NO3.C11H19NO2.C7H10O2/c1-18(2,3)23-17(22)19-13-9-10-15(14(20)11-13)24-16(21)12-7-5-4-6-8-12;1-11(2,3)15-10(13)12-7-4-5-8-9(6-7)14-8;1-11(2,3)14-10(13)12-9-7-5-4-6-8-9;8-7(9)6-4-2-1-3-5-6/h4-8,13-15,20H,9-11H2,1-3H3,(H,19,22);7-9H,4-6H2,1-3H3,(H,12,13);4-5,9H,6-8H2,1-3H3,(H,12,13);1-2,6H,3-5H2,(H,8,9)/t13-,14-,15-;7-,8+,9-;9-;6-/m1100/s1. The maximum absolute atomic E-state index is 12.2. The monoisotopic (exact) mass is 887 g/mol. The van der Waals surface area contributed by atoms with Crippen molar-refractivity contribution in [2.75, 3.05) is 0 Å². The number of carbonyl (C=O) groups is 5. The van der Waals surface area contributed by atoms with Crippen LogP contribution in [-0.4, -0.2) is 98.1 Å². The molecule has 1 aromatic rings. The molecule has 6 rings (SSSR count). The topological polar surface area (TPSA) is 202 Å². The molecule has 8 atom stereocenters. The summed E-state index contributed by atoms with van der Waals surface area (Å²) in [4.78, 5) is 57.2. The maximum atomic E-state index is 12.2.